The minimum absolute atomic E-state index is 0. The van der Waals surface area contributed by atoms with E-state index in [4.69, 9.17) is 20.3 Å². The van der Waals surface area contributed by atoms with E-state index in [1.807, 2.05) is 0 Å². The second kappa shape index (κ2) is 23.3. The maximum absolute atomic E-state index is 9.34. The van der Waals surface area contributed by atoms with Crippen LogP contribution < -0.4 is 104 Å². The number of hydrogen-bond acceptors (Lipinski definition) is 6. The molecule has 0 saturated carbocycles. The van der Waals surface area contributed by atoms with Gasteiger partial charge >= 0.3 is 94.6 Å². The molecule has 0 atom stereocenters. The fourth-order valence-electron chi connectivity index (χ4n) is 0. The van der Waals surface area contributed by atoms with Crippen LogP contribution in [-0.4, -0.2) is 18.5 Å². The molecule has 0 aromatic heterocycles. The van der Waals surface area contributed by atoms with E-state index in [1.165, 1.54) is 0 Å². The Morgan fingerprint density at radius 1 is 1.25 bits per heavy atom. The van der Waals surface area contributed by atoms with Crippen molar-refractivity contribution in [2.24, 2.45) is 0 Å². The summed E-state index contributed by atoms with van der Waals surface area (Å²) in [5.74, 6) is -0.690. The van der Waals surface area contributed by atoms with Crippen LogP contribution in [-0.2, 0) is 9.68 Å². The van der Waals surface area contributed by atoms with Crippen LogP contribution in [0.2, 0.25) is 0 Å². The van der Waals surface area contributed by atoms with E-state index in [-0.39, 0.29) is 88.7 Å². The van der Waals surface area contributed by atoms with Gasteiger partial charge in [-0.3, -0.25) is 7.32 Å². The summed E-state index contributed by atoms with van der Waals surface area (Å²) in [7, 11) is -2.92. The van der Waals surface area contributed by atoms with Gasteiger partial charge in [0.15, 0.2) is 0 Å². The molecule has 0 aliphatic rings. The fraction of sp³-hybridized carbons (Fsp3) is 0.500. The van der Waals surface area contributed by atoms with Gasteiger partial charge in [-0.25, -0.2) is 4.79 Å². The topological polar surface area (TPSA) is 116 Å². The van der Waals surface area contributed by atoms with Gasteiger partial charge in [-0.05, 0) is 0 Å². The Morgan fingerprint density at radius 3 is 1.33 bits per heavy atom. The van der Waals surface area contributed by atoms with Crippen molar-refractivity contribution in [1.29, 1.82) is 0 Å². The summed E-state index contributed by atoms with van der Waals surface area (Å²) in [6.45, 7) is 1.11. The summed E-state index contributed by atoms with van der Waals surface area (Å²) < 4.78 is 0. The molecule has 54 valence electrons. The SMILES string of the molecule is CC(=O)OO.[Na+].[Na+].[Na+].[O-]B([O-])[O-]. The molecule has 0 unspecified atom stereocenters. The Hall–Kier alpha value is 2.37. The van der Waals surface area contributed by atoms with Crippen molar-refractivity contribution in [1.82, 2.24) is 0 Å². The van der Waals surface area contributed by atoms with E-state index >= 15 is 0 Å². The third-order valence-electron chi connectivity index (χ3n) is 0.129. The predicted octanol–water partition coefficient (Wildman–Crippen LogP) is -12.9. The van der Waals surface area contributed by atoms with Crippen LogP contribution in [0.5, 0.6) is 0 Å². The molecule has 0 aliphatic carbocycles. The van der Waals surface area contributed by atoms with Crippen molar-refractivity contribution in [3.63, 3.8) is 0 Å². The van der Waals surface area contributed by atoms with E-state index in [0.717, 1.165) is 6.92 Å². The Morgan fingerprint density at radius 2 is 1.33 bits per heavy atom. The largest absolute Gasteiger partial charge is 1.00 e. The number of rotatable bonds is 0. The molecular formula is C2H4BNa3O6. The molecule has 0 rings (SSSR count). The van der Waals surface area contributed by atoms with E-state index in [9.17, 15) is 4.79 Å². The monoisotopic (exact) mass is 204 g/mol. The first-order valence-corrected chi connectivity index (χ1v) is 1.80. The van der Waals surface area contributed by atoms with E-state index in [1.54, 1.807) is 0 Å². The van der Waals surface area contributed by atoms with Crippen LogP contribution in [0.1, 0.15) is 6.92 Å². The number of carbonyl (C=O) groups excluding carboxylic acids is 1. The molecule has 0 amide bonds. The van der Waals surface area contributed by atoms with Crippen LogP contribution >= 0.6 is 0 Å². The predicted molar refractivity (Wildman–Crippen MR) is 20.1 cm³/mol. The Kier molecular flexibility index (Phi) is 56.8. The van der Waals surface area contributed by atoms with Gasteiger partial charge in [0.25, 0.3) is 0 Å². The standard InChI is InChI=1S/C2H4O3.BO3.3Na/c1-2(3)5-4;2-1(3)4;;;/h4H,1H3;;;;/q;-3;3*+1. The summed E-state index contributed by atoms with van der Waals surface area (Å²) in [5, 5.41) is 32.5. The van der Waals surface area contributed by atoms with Gasteiger partial charge in [0, 0.05) is 6.92 Å². The molecule has 0 bridgehead atoms. The normalized spacial score (nSPS) is 5.08. The first-order valence-electron chi connectivity index (χ1n) is 1.80. The zero-order valence-corrected chi connectivity index (χ0v) is 13.6. The molecule has 0 heterocycles. The molecule has 12 heavy (non-hydrogen) atoms. The molecule has 1 N–H and O–H groups in total. The van der Waals surface area contributed by atoms with Crippen molar-refractivity contribution in [3.8, 4) is 0 Å². The van der Waals surface area contributed by atoms with Gasteiger partial charge < -0.3 is 20.0 Å². The number of carbonyl (C=O) groups is 1. The molecule has 0 spiro atoms. The summed E-state index contributed by atoms with van der Waals surface area (Å²) in [6, 6.07) is 0. The van der Waals surface area contributed by atoms with Gasteiger partial charge in [0.2, 0.25) is 0 Å². The minimum atomic E-state index is -2.92. The number of hydrogen-bond donors (Lipinski definition) is 1. The van der Waals surface area contributed by atoms with Gasteiger partial charge in [-0.15, -0.1) is 0 Å². The summed E-state index contributed by atoms with van der Waals surface area (Å²) in [5.41, 5.74) is 0. The van der Waals surface area contributed by atoms with Crippen LogP contribution in [0.4, 0.5) is 0 Å². The van der Waals surface area contributed by atoms with Crippen molar-refractivity contribution < 1.29 is 119 Å². The van der Waals surface area contributed by atoms with Crippen molar-refractivity contribution >= 4 is 13.3 Å². The summed E-state index contributed by atoms with van der Waals surface area (Å²) >= 11 is 0. The quantitative estimate of drug-likeness (QED) is 0.238. The zero-order chi connectivity index (χ0) is 7.86. The van der Waals surface area contributed by atoms with Crippen LogP contribution in [0.3, 0.4) is 0 Å². The maximum atomic E-state index is 9.34. The molecule has 10 heteroatoms. The second-order valence-corrected chi connectivity index (χ2v) is 0.872. The molecule has 0 aliphatic heterocycles. The average Bonchev–Trinajstić information content (AvgIpc) is 1.65. The van der Waals surface area contributed by atoms with Crippen molar-refractivity contribution in [2.45, 2.75) is 6.92 Å². The van der Waals surface area contributed by atoms with Crippen LogP contribution in [0, 0.1) is 0 Å². The fourth-order valence-corrected chi connectivity index (χ4v) is 0. The van der Waals surface area contributed by atoms with Crippen molar-refractivity contribution in [3.05, 3.63) is 0 Å². The molecular weight excluding hydrogens is 200 g/mol. The van der Waals surface area contributed by atoms with Crippen molar-refractivity contribution in [2.75, 3.05) is 0 Å². The minimum Gasteiger partial charge on any atom is -0.907 e. The van der Waals surface area contributed by atoms with E-state index in [2.05, 4.69) is 4.89 Å². The molecule has 0 saturated heterocycles. The van der Waals surface area contributed by atoms with Crippen LogP contribution in [0.25, 0.3) is 0 Å². The third-order valence-corrected chi connectivity index (χ3v) is 0.129. The molecule has 0 aromatic rings. The molecule has 0 radical (unpaired) electrons. The Labute approximate surface area is 137 Å². The van der Waals surface area contributed by atoms with E-state index < -0.39 is 13.3 Å². The van der Waals surface area contributed by atoms with E-state index in [0.29, 0.717) is 0 Å². The zero-order valence-electron chi connectivity index (χ0n) is 7.57. The smallest absolute Gasteiger partial charge is 0.907 e. The summed E-state index contributed by atoms with van der Waals surface area (Å²) in [6.07, 6.45) is 0. The van der Waals surface area contributed by atoms with Gasteiger partial charge in [-0.2, -0.15) is 5.26 Å². The maximum Gasteiger partial charge on any atom is 1.00 e. The van der Waals surface area contributed by atoms with Gasteiger partial charge in [-0.1, -0.05) is 0 Å². The molecule has 0 fully saturated rings. The summed E-state index contributed by atoms with van der Waals surface area (Å²) in [4.78, 5) is 12.5. The molecule has 0 aromatic carbocycles. The second-order valence-electron chi connectivity index (χ2n) is 0.872. The molecule has 6 nitrogen and oxygen atoms in total. The van der Waals surface area contributed by atoms with Crippen LogP contribution in [0.15, 0.2) is 0 Å². The third kappa shape index (κ3) is 83.7. The first kappa shape index (κ1) is 29.3. The van der Waals surface area contributed by atoms with Gasteiger partial charge in [0.1, 0.15) is 0 Å². The van der Waals surface area contributed by atoms with Gasteiger partial charge in [0.05, 0.1) is 0 Å². The first-order chi connectivity index (χ1) is 4.00. The average molecular weight is 204 g/mol. The Bertz CT molecular complexity index is 78.4. The Balaban J connectivity index is -0.0000000221.